The second kappa shape index (κ2) is 8.87. The predicted octanol–water partition coefficient (Wildman–Crippen LogP) is 3.74. The van der Waals surface area contributed by atoms with Crippen LogP contribution < -0.4 is 4.74 Å². The number of thiophene rings is 1. The normalized spacial score (nSPS) is 10.3. The average Bonchev–Trinajstić information content (AvgIpc) is 3.03. The molecule has 0 spiro atoms. The summed E-state index contributed by atoms with van der Waals surface area (Å²) in [5.41, 5.74) is 0.757. The molecule has 122 valence electrons. The largest absolute Gasteiger partial charge is 0.479 e. The van der Waals surface area contributed by atoms with Gasteiger partial charge < -0.3 is 9.47 Å². The van der Waals surface area contributed by atoms with Gasteiger partial charge in [-0.3, -0.25) is 4.79 Å². The number of nitrogens with zero attached hydrogens (tertiary/aromatic N) is 1. The van der Waals surface area contributed by atoms with Crippen LogP contribution >= 0.6 is 22.9 Å². The molecular weight excluding hydrogens is 350 g/mol. The molecule has 1 heterocycles. The molecule has 1 aromatic carbocycles. The van der Waals surface area contributed by atoms with Crippen molar-refractivity contribution in [2.45, 2.75) is 0 Å². The van der Waals surface area contributed by atoms with Crippen molar-refractivity contribution in [1.82, 2.24) is 0 Å². The summed E-state index contributed by atoms with van der Waals surface area (Å²) in [6.45, 7) is -0.355. The summed E-state index contributed by atoms with van der Waals surface area (Å²) in [5, 5.41) is 8.42. The molecule has 1 aromatic heterocycles. The Morgan fingerprint density at radius 1 is 1.21 bits per heavy atom. The number of nitriles is 1. The van der Waals surface area contributed by atoms with Crippen LogP contribution in [0.1, 0.15) is 15.2 Å². The number of ether oxygens (including phenoxy) is 2. The molecule has 0 unspecified atom stereocenters. The van der Waals surface area contributed by atoms with E-state index in [9.17, 15) is 9.59 Å². The average molecular weight is 362 g/mol. The first-order valence-electron chi connectivity index (χ1n) is 6.81. The first-order valence-corrected chi connectivity index (χ1v) is 8.01. The molecule has 0 N–H and O–H groups in total. The monoisotopic (exact) mass is 361 g/mol. The van der Waals surface area contributed by atoms with Gasteiger partial charge in [-0.15, -0.1) is 11.3 Å². The zero-order chi connectivity index (χ0) is 17.4. The number of carbonyl (C=O) groups is 2. The van der Waals surface area contributed by atoms with Crippen molar-refractivity contribution in [3.05, 3.63) is 57.3 Å². The van der Waals surface area contributed by atoms with E-state index in [0.29, 0.717) is 15.0 Å². The molecule has 7 heteroatoms. The van der Waals surface area contributed by atoms with Crippen molar-refractivity contribution >= 4 is 40.8 Å². The molecule has 0 atom stereocenters. The fourth-order valence-corrected chi connectivity index (χ4v) is 2.64. The Labute approximate surface area is 147 Å². The lowest BCUT2D eigenvalue weighted by Gasteiger charge is -2.01. The summed E-state index contributed by atoms with van der Waals surface area (Å²) < 4.78 is 10.5. The van der Waals surface area contributed by atoms with E-state index in [1.807, 2.05) is 6.07 Å². The van der Waals surface area contributed by atoms with Crippen LogP contribution in [0.15, 0.2) is 42.5 Å². The summed E-state index contributed by atoms with van der Waals surface area (Å²) >= 11 is 6.89. The molecule has 0 aliphatic carbocycles. The first kappa shape index (κ1) is 17.7. The fraction of sp³-hybridized carbons (Fsp3) is 0.118. The van der Waals surface area contributed by atoms with E-state index in [1.165, 1.54) is 6.08 Å². The number of rotatable bonds is 7. The third-order valence-electron chi connectivity index (χ3n) is 2.79. The molecule has 24 heavy (non-hydrogen) atoms. The molecular formula is C17H12ClNO4S. The van der Waals surface area contributed by atoms with Crippen molar-refractivity contribution in [2.75, 3.05) is 13.2 Å². The topological polar surface area (TPSA) is 76.4 Å². The van der Waals surface area contributed by atoms with Gasteiger partial charge in [-0.2, -0.15) is 5.26 Å². The van der Waals surface area contributed by atoms with Gasteiger partial charge in [-0.25, -0.2) is 4.79 Å². The molecule has 0 bridgehead atoms. The fourth-order valence-electron chi connectivity index (χ4n) is 1.68. The lowest BCUT2D eigenvalue weighted by atomic mass is 10.2. The maximum absolute atomic E-state index is 11.8. The lowest BCUT2D eigenvalue weighted by Crippen LogP contribution is -2.11. The van der Waals surface area contributed by atoms with Crippen LogP contribution in [-0.2, 0) is 9.53 Å². The second-order valence-electron chi connectivity index (χ2n) is 4.48. The number of ketones is 1. The summed E-state index contributed by atoms with van der Waals surface area (Å²) in [6.07, 6.45) is 2.79. The molecule has 2 rings (SSSR count). The van der Waals surface area contributed by atoms with E-state index in [2.05, 4.69) is 0 Å². The van der Waals surface area contributed by atoms with Crippen molar-refractivity contribution in [2.24, 2.45) is 0 Å². The number of hydrogen-bond acceptors (Lipinski definition) is 6. The SMILES string of the molecule is N#CCOc1ccc(/C=C/C(=O)OCC(=O)c2ccc(Cl)s2)cc1. The number of carbonyl (C=O) groups excluding carboxylic acids is 2. The maximum atomic E-state index is 11.8. The Morgan fingerprint density at radius 3 is 2.58 bits per heavy atom. The Kier molecular flexibility index (Phi) is 6.55. The van der Waals surface area contributed by atoms with E-state index in [-0.39, 0.29) is 19.0 Å². The smallest absolute Gasteiger partial charge is 0.331 e. The Hall–Kier alpha value is -2.62. The van der Waals surface area contributed by atoms with Crippen molar-refractivity contribution in [1.29, 1.82) is 5.26 Å². The molecule has 0 aliphatic heterocycles. The Balaban J connectivity index is 1.82. The van der Waals surface area contributed by atoms with Crippen LogP contribution in [0.3, 0.4) is 0 Å². The zero-order valence-electron chi connectivity index (χ0n) is 12.4. The summed E-state index contributed by atoms with van der Waals surface area (Å²) in [6, 6.07) is 11.9. The lowest BCUT2D eigenvalue weighted by molar-refractivity contribution is -0.136. The van der Waals surface area contributed by atoms with Gasteiger partial charge in [0.05, 0.1) is 9.21 Å². The highest BCUT2D eigenvalue weighted by Crippen LogP contribution is 2.21. The standard InChI is InChI=1S/C17H12ClNO4S/c18-16-7-6-15(24-16)14(20)11-23-17(21)8-3-12-1-4-13(5-2-12)22-10-9-19/h1-8H,10-11H2/b8-3+. The van der Waals surface area contributed by atoms with E-state index in [1.54, 1.807) is 42.5 Å². The quantitative estimate of drug-likeness (QED) is 0.426. The Morgan fingerprint density at radius 2 is 1.96 bits per heavy atom. The minimum Gasteiger partial charge on any atom is -0.479 e. The van der Waals surface area contributed by atoms with E-state index < -0.39 is 5.97 Å². The van der Waals surface area contributed by atoms with Crippen LogP contribution in [-0.4, -0.2) is 25.0 Å². The second-order valence-corrected chi connectivity index (χ2v) is 6.20. The number of Topliss-reactive ketones (excluding diaryl/α,β-unsaturated/α-hetero) is 1. The van der Waals surface area contributed by atoms with Gasteiger partial charge >= 0.3 is 5.97 Å². The molecule has 5 nitrogen and oxygen atoms in total. The van der Waals surface area contributed by atoms with Gasteiger partial charge in [0.2, 0.25) is 5.78 Å². The minimum atomic E-state index is -0.615. The number of benzene rings is 1. The van der Waals surface area contributed by atoms with Crippen LogP contribution in [0.2, 0.25) is 4.34 Å². The molecule has 0 aliphatic rings. The highest BCUT2D eigenvalue weighted by atomic mass is 35.5. The third-order valence-corrected chi connectivity index (χ3v) is 4.06. The van der Waals surface area contributed by atoms with E-state index in [0.717, 1.165) is 16.9 Å². The summed E-state index contributed by atoms with van der Waals surface area (Å²) in [4.78, 5) is 23.8. The molecule has 0 saturated heterocycles. The van der Waals surface area contributed by atoms with E-state index >= 15 is 0 Å². The van der Waals surface area contributed by atoms with Gasteiger partial charge in [0, 0.05) is 6.08 Å². The van der Waals surface area contributed by atoms with Crippen molar-refractivity contribution in [3.63, 3.8) is 0 Å². The third kappa shape index (κ3) is 5.54. The van der Waals surface area contributed by atoms with Crippen molar-refractivity contribution in [3.8, 4) is 11.8 Å². The van der Waals surface area contributed by atoms with Gasteiger partial charge in [0.1, 0.15) is 11.8 Å². The van der Waals surface area contributed by atoms with Crippen molar-refractivity contribution < 1.29 is 19.1 Å². The van der Waals surface area contributed by atoms with Crippen LogP contribution in [0.4, 0.5) is 0 Å². The summed E-state index contributed by atoms with van der Waals surface area (Å²) in [7, 11) is 0. The minimum absolute atomic E-state index is 0.0228. The van der Waals surface area contributed by atoms with Crippen LogP contribution in [0.5, 0.6) is 5.75 Å². The van der Waals surface area contributed by atoms with Crippen LogP contribution in [0.25, 0.3) is 6.08 Å². The molecule has 2 aromatic rings. The van der Waals surface area contributed by atoms with Gasteiger partial charge in [0.15, 0.2) is 13.2 Å². The number of esters is 1. The Bertz CT molecular complexity index is 790. The van der Waals surface area contributed by atoms with Gasteiger partial charge in [0.25, 0.3) is 0 Å². The highest BCUT2D eigenvalue weighted by Gasteiger charge is 2.10. The summed E-state index contributed by atoms with van der Waals surface area (Å²) in [5.74, 6) is -0.347. The molecule has 0 fully saturated rings. The maximum Gasteiger partial charge on any atom is 0.331 e. The van der Waals surface area contributed by atoms with Crippen LogP contribution in [0, 0.1) is 11.3 Å². The van der Waals surface area contributed by atoms with Gasteiger partial charge in [-0.1, -0.05) is 23.7 Å². The number of halogens is 1. The number of hydrogen-bond donors (Lipinski definition) is 0. The van der Waals surface area contributed by atoms with Gasteiger partial charge in [-0.05, 0) is 35.9 Å². The zero-order valence-corrected chi connectivity index (χ0v) is 14.0. The first-order chi connectivity index (χ1) is 11.6. The predicted molar refractivity (Wildman–Crippen MR) is 91.2 cm³/mol. The molecule has 0 amide bonds. The molecule has 0 saturated carbocycles. The highest BCUT2D eigenvalue weighted by molar-refractivity contribution is 7.18. The molecule has 0 radical (unpaired) electrons. The van der Waals surface area contributed by atoms with E-state index in [4.69, 9.17) is 26.3 Å².